The average molecular weight is 272 g/mol. The number of halogens is 3. The highest BCUT2D eigenvalue weighted by atomic mass is 35.5. The molecule has 2 aromatic rings. The molecule has 0 bridgehead atoms. The molecule has 5 heteroatoms. The number of aromatic nitrogens is 1. The third-order valence-electron chi connectivity index (χ3n) is 2.28. The molecule has 0 atom stereocenters. The van der Waals surface area contributed by atoms with Gasteiger partial charge in [0.1, 0.15) is 5.82 Å². The number of rotatable bonds is 2. The predicted octanol–water partition coefficient (Wildman–Crippen LogP) is 3.34. The van der Waals surface area contributed by atoms with Crippen LogP contribution in [0.5, 0.6) is 0 Å². The van der Waals surface area contributed by atoms with Gasteiger partial charge in [-0.3, -0.25) is 4.79 Å². The SMILES string of the molecule is O=c1ccc(F)cn1Cc1ccc(Cl)c(Cl)c1. The van der Waals surface area contributed by atoms with E-state index in [4.69, 9.17) is 23.2 Å². The Morgan fingerprint density at radius 3 is 2.59 bits per heavy atom. The van der Waals surface area contributed by atoms with Gasteiger partial charge >= 0.3 is 0 Å². The minimum atomic E-state index is -0.454. The van der Waals surface area contributed by atoms with Gasteiger partial charge in [-0.1, -0.05) is 29.3 Å². The first-order valence-electron chi connectivity index (χ1n) is 4.86. The Morgan fingerprint density at radius 2 is 1.88 bits per heavy atom. The van der Waals surface area contributed by atoms with Crippen LogP contribution in [0, 0.1) is 5.82 Å². The van der Waals surface area contributed by atoms with Crippen molar-refractivity contribution in [2.24, 2.45) is 0 Å². The lowest BCUT2D eigenvalue weighted by atomic mass is 10.2. The third kappa shape index (κ3) is 2.87. The van der Waals surface area contributed by atoms with Crippen LogP contribution in [0.1, 0.15) is 5.56 Å². The van der Waals surface area contributed by atoms with Crippen molar-refractivity contribution in [1.29, 1.82) is 0 Å². The fourth-order valence-electron chi connectivity index (χ4n) is 1.46. The fraction of sp³-hybridized carbons (Fsp3) is 0.0833. The topological polar surface area (TPSA) is 22.0 Å². The van der Waals surface area contributed by atoms with Crippen LogP contribution in [0.25, 0.3) is 0 Å². The van der Waals surface area contributed by atoms with Crippen LogP contribution in [0.2, 0.25) is 10.0 Å². The Morgan fingerprint density at radius 1 is 1.12 bits per heavy atom. The van der Waals surface area contributed by atoms with Gasteiger partial charge in [-0.2, -0.15) is 0 Å². The zero-order chi connectivity index (χ0) is 12.4. The Labute approximate surface area is 107 Å². The maximum absolute atomic E-state index is 13.0. The molecule has 0 spiro atoms. The maximum Gasteiger partial charge on any atom is 0.251 e. The Bertz CT molecular complexity index is 610. The number of hydrogen-bond acceptors (Lipinski definition) is 1. The van der Waals surface area contributed by atoms with Crippen molar-refractivity contribution in [3.63, 3.8) is 0 Å². The van der Waals surface area contributed by atoms with Gasteiger partial charge in [0.25, 0.3) is 5.56 Å². The molecule has 0 amide bonds. The molecule has 2 nitrogen and oxygen atoms in total. The normalized spacial score (nSPS) is 10.5. The molecule has 0 fully saturated rings. The van der Waals surface area contributed by atoms with E-state index in [1.54, 1.807) is 18.2 Å². The number of hydrogen-bond donors (Lipinski definition) is 0. The maximum atomic E-state index is 13.0. The second-order valence-electron chi connectivity index (χ2n) is 3.56. The van der Waals surface area contributed by atoms with Gasteiger partial charge in [0.2, 0.25) is 0 Å². The van der Waals surface area contributed by atoms with Crippen molar-refractivity contribution < 1.29 is 4.39 Å². The van der Waals surface area contributed by atoms with Crippen molar-refractivity contribution in [1.82, 2.24) is 4.57 Å². The zero-order valence-electron chi connectivity index (χ0n) is 8.66. The van der Waals surface area contributed by atoms with Gasteiger partial charge in [0.15, 0.2) is 0 Å². The van der Waals surface area contributed by atoms with Crippen LogP contribution in [0.4, 0.5) is 4.39 Å². The van der Waals surface area contributed by atoms with Gasteiger partial charge in [-0.05, 0) is 23.8 Å². The number of benzene rings is 1. The van der Waals surface area contributed by atoms with E-state index in [9.17, 15) is 9.18 Å². The summed E-state index contributed by atoms with van der Waals surface area (Å²) in [4.78, 5) is 11.5. The van der Waals surface area contributed by atoms with Crippen molar-refractivity contribution in [3.8, 4) is 0 Å². The van der Waals surface area contributed by atoms with Gasteiger partial charge < -0.3 is 4.57 Å². The van der Waals surface area contributed by atoms with E-state index in [1.165, 1.54) is 10.6 Å². The van der Waals surface area contributed by atoms with E-state index in [2.05, 4.69) is 0 Å². The predicted molar refractivity (Wildman–Crippen MR) is 66.2 cm³/mol. The summed E-state index contributed by atoms with van der Waals surface area (Å²) in [5.41, 5.74) is 0.518. The molecule has 0 N–H and O–H groups in total. The number of pyridine rings is 1. The molecule has 88 valence electrons. The quantitative estimate of drug-likeness (QED) is 0.821. The first-order valence-corrected chi connectivity index (χ1v) is 5.62. The molecule has 1 heterocycles. The molecular formula is C12H8Cl2FNO. The lowest BCUT2D eigenvalue weighted by Gasteiger charge is -2.06. The van der Waals surface area contributed by atoms with Gasteiger partial charge in [0.05, 0.1) is 16.6 Å². The minimum Gasteiger partial charge on any atom is -0.308 e. The molecule has 0 radical (unpaired) electrons. The van der Waals surface area contributed by atoms with E-state index in [0.717, 1.165) is 17.8 Å². The molecule has 0 aliphatic heterocycles. The van der Waals surface area contributed by atoms with Gasteiger partial charge in [-0.15, -0.1) is 0 Å². The Kier molecular flexibility index (Phi) is 3.50. The first kappa shape index (κ1) is 12.1. The molecule has 17 heavy (non-hydrogen) atoms. The van der Waals surface area contributed by atoms with Crippen LogP contribution in [0.3, 0.4) is 0 Å². The van der Waals surface area contributed by atoms with Crippen LogP contribution < -0.4 is 5.56 Å². The molecule has 0 saturated carbocycles. The van der Waals surface area contributed by atoms with Gasteiger partial charge in [0, 0.05) is 12.3 Å². The second kappa shape index (κ2) is 4.90. The average Bonchev–Trinajstić information content (AvgIpc) is 2.29. The monoisotopic (exact) mass is 271 g/mol. The Hall–Kier alpha value is -1.32. The molecule has 0 saturated heterocycles. The highest BCUT2D eigenvalue weighted by Gasteiger charge is 2.02. The molecule has 2 rings (SSSR count). The molecular weight excluding hydrogens is 264 g/mol. The molecule has 1 aromatic carbocycles. The van der Waals surface area contributed by atoms with Gasteiger partial charge in [-0.25, -0.2) is 4.39 Å². The van der Waals surface area contributed by atoms with E-state index in [1.807, 2.05) is 0 Å². The lowest BCUT2D eigenvalue weighted by molar-refractivity contribution is 0.595. The summed E-state index contributed by atoms with van der Waals surface area (Å²) in [7, 11) is 0. The van der Waals surface area contributed by atoms with Crippen LogP contribution in [-0.2, 0) is 6.54 Å². The lowest BCUT2D eigenvalue weighted by Crippen LogP contribution is -2.19. The smallest absolute Gasteiger partial charge is 0.251 e. The van der Waals surface area contributed by atoms with Crippen molar-refractivity contribution >= 4 is 23.2 Å². The summed E-state index contributed by atoms with van der Waals surface area (Å²) in [6.07, 6.45) is 1.16. The molecule has 1 aromatic heterocycles. The zero-order valence-corrected chi connectivity index (χ0v) is 10.2. The third-order valence-corrected chi connectivity index (χ3v) is 3.02. The fourth-order valence-corrected chi connectivity index (χ4v) is 1.78. The summed E-state index contributed by atoms with van der Waals surface area (Å²) in [5.74, 6) is -0.454. The van der Waals surface area contributed by atoms with E-state index in [-0.39, 0.29) is 12.1 Å². The summed E-state index contributed by atoms with van der Waals surface area (Å²) in [5, 5.41) is 0.857. The molecule has 0 aliphatic carbocycles. The highest BCUT2D eigenvalue weighted by Crippen LogP contribution is 2.22. The largest absolute Gasteiger partial charge is 0.308 e. The minimum absolute atomic E-state index is 0.257. The van der Waals surface area contributed by atoms with Crippen LogP contribution in [0.15, 0.2) is 41.3 Å². The van der Waals surface area contributed by atoms with Crippen molar-refractivity contribution in [3.05, 3.63) is 68.3 Å². The summed E-state index contributed by atoms with van der Waals surface area (Å²) in [6, 6.07) is 7.36. The van der Waals surface area contributed by atoms with E-state index in [0.29, 0.717) is 10.0 Å². The highest BCUT2D eigenvalue weighted by molar-refractivity contribution is 6.42. The van der Waals surface area contributed by atoms with Crippen LogP contribution in [-0.4, -0.2) is 4.57 Å². The Balaban J connectivity index is 2.34. The standard InChI is InChI=1S/C12H8Cl2FNO/c13-10-3-1-8(5-11(10)14)6-16-7-9(15)2-4-12(16)17/h1-5,7H,6H2. The summed E-state index contributed by atoms with van der Waals surface area (Å²) < 4.78 is 14.3. The summed E-state index contributed by atoms with van der Waals surface area (Å²) >= 11 is 11.6. The first-order chi connectivity index (χ1) is 8.06. The van der Waals surface area contributed by atoms with Crippen molar-refractivity contribution in [2.75, 3.05) is 0 Å². The molecule has 0 unspecified atom stereocenters. The molecule has 0 aliphatic rings. The van der Waals surface area contributed by atoms with Crippen LogP contribution >= 0.6 is 23.2 Å². The van der Waals surface area contributed by atoms with E-state index >= 15 is 0 Å². The number of nitrogens with zero attached hydrogens (tertiary/aromatic N) is 1. The summed E-state index contributed by atoms with van der Waals surface area (Å²) in [6.45, 7) is 0.257. The van der Waals surface area contributed by atoms with E-state index < -0.39 is 5.82 Å². The van der Waals surface area contributed by atoms with Crippen molar-refractivity contribution in [2.45, 2.75) is 6.54 Å². The second-order valence-corrected chi connectivity index (χ2v) is 4.38.